The van der Waals surface area contributed by atoms with E-state index in [4.69, 9.17) is 34.4 Å². The molecule has 1 aromatic carbocycles. The summed E-state index contributed by atoms with van der Waals surface area (Å²) in [5.41, 5.74) is 10.3. The van der Waals surface area contributed by atoms with E-state index >= 15 is 0 Å². The second-order valence-corrected chi connectivity index (χ2v) is 12.9. The zero-order chi connectivity index (χ0) is 31.3. The lowest BCUT2D eigenvalue weighted by atomic mass is 9.61. The fraction of sp³-hybridized carbons (Fsp3) is 0.576. The molecular formula is C33H40FN7O4. The molecular weight excluding hydrogens is 577 g/mol. The van der Waals surface area contributed by atoms with E-state index in [1.54, 1.807) is 13.2 Å². The van der Waals surface area contributed by atoms with Crippen LogP contribution in [0.15, 0.2) is 22.7 Å². The van der Waals surface area contributed by atoms with Crippen LogP contribution in [0.5, 0.6) is 11.8 Å². The Morgan fingerprint density at radius 2 is 2.00 bits per heavy atom. The van der Waals surface area contributed by atoms with Crippen molar-refractivity contribution in [3.63, 3.8) is 0 Å². The molecule has 0 bridgehead atoms. The molecule has 4 aliphatic rings. The molecule has 2 aliphatic heterocycles. The Morgan fingerprint density at radius 1 is 1.20 bits per heavy atom. The molecule has 238 valence electrons. The number of nitrogen functional groups attached to an aromatic ring is 1. The largest absolute Gasteiger partial charge is 0.473 e. The number of methoxy groups -OCH3 is 1. The Hall–Kier alpha value is -3.79. The molecule has 0 saturated carbocycles. The minimum Gasteiger partial charge on any atom is -0.473 e. The van der Waals surface area contributed by atoms with E-state index in [9.17, 15) is 9.65 Å². The number of ether oxygens (including phenoxy) is 3. The van der Waals surface area contributed by atoms with Gasteiger partial charge in [-0.05, 0) is 76.1 Å². The summed E-state index contributed by atoms with van der Waals surface area (Å²) in [4.78, 5) is 11.8. The first-order chi connectivity index (χ1) is 21.8. The lowest BCUT2D eigenvalue weighted by Gasteiger charge is -2.41. The maximum Gasteiger partial charge on any atom is 0.221 e. The third-order valence-electron chi connectivity index (χ3n) is 10.2. The van der Waals surface area contributed by atoms with Crippen molar-refractivity contribution < 1.29 is 23.1 Å². The van der Waals surface area contributed by atoms with Crippen LogP contribution in [0.2, 0.25) is 0 Å². The van der Waals surface area contributed by atoms with Crippen molar-refractivity contribution in [2.45, 2.75) is 87.8 Å². The zero-order valence-corrected chi connectivity index (χ0v) is 26.0. The van der Waals surface area contributed by atoms with Crippen LogP contribution in [0.25, 0.3) is 11.5 Å². The number of hydrogen-bond acceptors (Lipinski definition) is 11. The summed E-state index contributed by atoms with van der Waals surface area (Å²) >= 11 is 0. The topological polar surface area (TPSA) is 145 Å². The van der Waals surface area contributed by atoms with Crippen LogP contribution < -0.4 is 20.5 Å². The Bertz CT molecular complexity index is 1620. The van der Waals surface area contributed by atoms with E-state index in [-0.39, 0.29) is 30.7 Å². The molecule has 2 aliphatic carbocycles. The number of aromatic nitrogens is 3. The average Bonchev–Trinajstić information content (AvgIpc) is 3.76. The number of halogens is 1. The van der Waals surface area contributed by atoms with Gasteiger partial charge in [0.15, 0.2) is 23.5 Å². The zero-order valence-electron chi connectivity index (χ0n) is 26.0. The number of nitrogens with one attached hydrogen (secondary N) is 1. The van der Waals surface area contributed by atoms with Gasteiger partial charge in [-0.1, -0.05) is 11.2 Å². The number of nitrogens with two attached hydrogens (primary N) is 1. The minimum atomic E-state index is -1.15. The Kier molecular flexibility index (Phi) is 7.88. The van der Waals surface area contributed by atoms with Crippen LogP contribution in [-0.2, 0) is 23.0 Å². The number of likely N-dealkylation sites (tertiary alicyclic amines) is 1. The Labute approximate surface area is 262 Å². The lowest BCUT2D eigenvalue weighted by molar-refractivity contribution is 0.107. The number of hydrogen-bond donors (Lipinski definition) is 2. The number of fused-ring (bicyclic) bond motifs is 4. The molecule has 2 aromatic heterocycles. The van der Waals surface area contributed by atoms with Gasteiger partial charge in [0.2, 0.25) is 11.8 Å². The Morgan fingerprint density at radius 3 is 2.73 bits per heavy atom. The number of nitriles is 1. The summed E-state index contributed by atoms with van der Waals surface area (Å²) in [5, 5.41) is 17.7. The maximum absolute atomic E-state index is 14.6. The van der Waals surface area contributed by atoms with Crippen molar-refractivity contribution in [2.24, 2.45) is 0 Å². The smallest absolute Gasteiger partial charge is 0.221 e. The van der Waals surface area contributed by atoms with E-state index in [0.29, 0.717) is 35.2 Å². The molecule has 4 heterocycles. The van der Waals surface area contributed by atoms with Crippen LogP contribution in [0, 0.1) is 11.3 Å². The highest BCUT2D eigenvalue weighted by Gasteiger charge is 2.48. The minimum absolute atomic E-state index is 0.125. The molecule has 7 rings (SSSR count). The predicted octanol–water partition coefficient (Wildman–Crippen LogP) is 3.72. The summed E-state index contributed by atoms with van der Waals surface area (Å²) in [6, 6.07) is 8.00. The fourth-order valence-electron chi connectivity index (χ4n) is 7.99. The molecule has 2 saturated heterocycles. The fourth-order valence-corrected chi connectivity index (χ4v) is 7.99. The number of nitrogens with zero attached hydrogens (tertiary/aromatic N) is 5. The number of alkyl halides is 1. The van der Waals surface area contributed by atoms with Crippen LogP contribution in [-0.4, -0.2) is 84.3 Å². The number of likely N-dealkylation sites (N-methyl/N-ethyl adjacent to an activating group) is 1. The van der Waals surface area contributed by atoms with E-state index < -0.39 is 17.7 Å². The van der Waals surface area contributed by atoms with Crippen molar-refractivity contribution in [1.29, 1.82) is 5.26 Å². The second-order valence-electron chi connectivity index (χ2n) is 12.9. The quantitative estimate of drug-likeness (QED) is 0.374. The van der Waals surface area contributed by atoms with E-state index in [1.807, 2.05) is 19.1 Å². The summed E-state index contributed by atoms with van der Waals surface area (Å²) in [5.74, 6) is 1.59. The SMILES string of the molecule is COC1CC(C(C)Oc2cc(OC3CNCC3F)nc(-c3noc4c3CCCC43CCCc4ccc(N)c(C#N)c43)n2)N(C)C1. The van der Waals surface area contributed by atoms with Crippen molar-refractivity contribution in [3.05, 3.63) is 46.2 Å². The van der Waals surface area contributed by atoms with E-state index in [1.165, 1.54) is 0 Å². The number of rotatable bonds is 7. The molecule has 3 N–H and O–H groups in total. The summed E-state index contributed by atoms with van der Waals surface area (Å²) in [6.45, 7) is 3.44. The molecule has 0 amide bonds. The van der Waals surface area contributed by atoms with Crippen molar-refractivity contribution >= 4 is 5.69 Å². The normalized spacial score (nSPS) is 28.4. The van der Waals surface area contributed by atoms with Gasteiger partial charge in [0.05, 0.1) is 23.1 Å². The third kappa shape index (κ3) is 5.20. The molecule has 6 unspecified atom stereocenters. The first-order valence-corrected chi connectivity index (χ1v) is 15.9. The van der Waals surface area contributed by atoms with Gasteiger partial charge in [0.25, 0.3) is 0 Å². The van der Waals surface area contributed by atoms with Crippen LogP contribution in [0.1, 0.15) is 67.0 Å². The maximum atomic E-state index is 14.6. The summed E-state index contributed by atoms with van der Waals surface area (Å²) < 4.78 is 38.9. The highest BCUT2D eigenvalue weighted by atomic mass is 19.1. The monoisotopic (exact) mass is 617 g/mol. The van der Waals surface area contributed by atoms with E-state index in [2.05, 4.69) is 28.5 Å². The van der Waals surface area contributed by atoms with Crippen LogP contribution in [0.3, 0.4) is 0 Å². The first kappa shape index (κ1) is 29.9. The van der Waals surface area contributed by atoms with E-state index in [0.717, 1.165) is 73.9 Å². The number of aryl methyl sites for hydroxylation is 1. The summed E-state index contributed by atoms with van der Waals surface area (Å²) in [6.07, 6.45) is 4.05. The van der Waals surface area contributed by atoms with Gasteiger partial charge in [-0.3, -0.25) is 4.90 Å². The lowest BCUT2D eigenvalue weighted by Crippen LogP contribution is -2.38. The molecule has 2 fully saturated rings. The second kappa shape index (κ2) is 11.9. The number of anilines is 1. The standard InChI is InChI=1S/C33H40FN7O4/c1-18(25-12-20(42-3)17-41(25)2)43-27-13-28(44-26-16-37-15-23(26)34)39-32(38-27)30-21-7-5-11-33(31(21)45-40-30)10-4-6-19-8-9-24(36)22(14-35)29(19)33/h8-9,13,18,20,23,25-26,37H,4-7,10-12,15-17,36H2,1-3H3. The third-order valence-corrected chi connectivity index (χ3v) is 10.2. The average molecular weight is 618 g/mol. The van der Waals surface area contributed by atoms with Gasteiger partial charge in [-0.25, -0.2) is 4.39 Å². The van der Waals surface area contributed by atoms with Crippen molar-refractivity contribution in [1.82, 2.24) is 25.3 Å². The van der Waals surface area contributed by atoms with Gasteiger partial charge in [-0.15, -0.1) is 0 Å². The highest BCUT2D eigenvalue weighted by molar-refractivity contribution is 5.67. The first-order valence-electron chi connectivity index (χ1n) is 15.9. The molecule has 45 heavy (non-hydrogen) atoms. The van der Waals surface area contributed by atoms with Gasteiger partial charge >= 0.3 is 0 Å². The van der Waals surface area contributed by atoms with Crippen molar-refractivity contribution in [2.75, 3.05) is 39.5 Å². The Balaban J connectivity index is 1.28. The highest BCUT2D eigenvalue weighted by Crippen LogP contribution is 2.53. The molecule has 6 atom stereocenters. The van der Waals surface area contributed by atoms with Crippen LogP contribution >= 0.6 is 0 Å². The van der Waals surface area contributed by atoms with Gasteiger partial charge < -0.3 is 29.8 Å². The molecule has 0 radical (unpaired) electrons. The van der Waals surface area contributed by atoms with Crippen molar-refractivity contribution in [3.8, 4) is 29.3 Å². The molecule has 12 heteroatoms. The van der Waals surface area contributed by atoms with Gasteiger partial charge in [-0.2, -0.15) is 15.2 Å². The van der Waals surface area contributed by atoms with Gasteiger partial charge in [0, 0.05) is 44.0 Å². The van der Waals surface area contributed by atoms with Crippen LogP contribution in [0.4, 0.5) is 10.1 Å². The molecule has 11 nitrogen and oxygen atoms in total. The molecule has 1 spiro atoms. The van der Waals surface area contributed by atoms with Gasteiger partial charge in [0.1, 0.15) is 18.3 Å². The summed E-state index contributed by atoms with van der Waals surface area (Å²) in [7, 11) is 3.79. The number of benzene rings is 1. The predicted molar refractivity (Wildman–Crippen MR) is 164 cm³/mol. The molecule has 3 aromatic rings.